The van der Waals surface area contributed by atoms with E-state index in [1.807, 2.05) is 16.7 Å². The third-order valence-electron chi connectivity index (χ3n) is 3.83. The molecule has 1 N–H and O–H groups in total. The van der Waals surface area contributed by atoms with Crippen LogP contribution in [0.3, 0.4) is 0 Å². The molecule has 0 spiro atoms. The van der Waals surface area contributed by atoms with Crippen molar-refractivity contribution >= 4 is 40.6 Å². The third-order valence-corrected chi connectivity index (χ3v) is 5.04. The Morgan fingerprint density at radius 3 is 2.52 bits per heavy atom. The minimum atomic E-state index is -0.494. The molecular formula is C19H16ClN5O3S. The zero-order valence-electron chi connectivity index (χ0n) is 15.1. The quantitative estimate of drug-likeness (QED) is 0.246. The number of nitrogens with zero attached hydrogens (tertiary/aromatic N) is 4. The van der Waals surface area contributed by atoms with E-state index in [9.17, 15) is 14.9 Å². The van der Waals surface area contributed by atoms with Crippen molar-refractivity contribution in [1.82, 2.24) is 14.8 Å². The summed E-state index contributed by atoms with van der Waals surface area (Å²) in [5.41, 5.74) is 1.30. The van der Waals surface area contributed by atoms with E-state index in [1.54, 1.807) is 18.2 Å². The van der Waals surface area contributed by atoms with E-state index in [0.29, 0.717) is 28.2 Å². The molecule has 0 aliphatic rings. The van der Waals surface area contributed by atoms with Crippen LogP contribution in [0, 0.1) is 10.1 Å². The zero-order valence-corrected chi connectivity index (χ0v) is 16.7. The monoisotopic (exact) mass is 429 g/mol. The summed E-state index contributed by atoms with van der Waals surface area (Å²) in [6.45, 7) is 4.25. The topological polar surface area (TPSA) is 103 Å². The Morgan fingerprint density at radius 1 is 1.21 bits per heavy atom. The van der Waals surface area contributed by atoms with E-state index in [1.165, 1.54) is 36.0 Å². The second kappa shape index (κ2) is 9.35. The van der Waals surface area contributed by atoms with Gasteiger partial charge in [-0.05, 0) is 36.4 Å². The lowest BCUT2D eigenvalue weighted by Gasteiger charge is -2.08. The van der Waals surface area contributed by atoms with Crippen molar-refractivity contribution in [3.05, 3.63) is 76.3 Å². The number of carbonyl (C=O) groups is 1. The number of hydrogen-bond donors (Lipinski definition) is 1. The van der Waals surface area contributed by atoms with Crippen LogP contribution in [0.15, 0.2) is 66.3 Å². The molecule has 148 valence electrons. The van der Waals surface area contributed by atoms with Crippen LogP contribution >= 0.6 is 23.4 Å². The second-order valence-corrected chi connectivity index (χ2v) is 7.23. The van der Waals surface area contributed by atoms with Gasteiger partial charge in [-0.3, -0.25) is 19.5 Å². The van der Waals surface area contributed by atoms with Gasteiger partial charge < -0.3 is 5.32 Å². The molecule has 3 aromatic rings. The number of nitro benzene ring substituents is 1. The van der Waals surface area contributed by atoms with Gasteiger partial charge in [0.1, 0.15) is 0 Å². The molecule has 0 saturated heterocycles. The summed E-state index contributed by atoms with van der Waals surface area (Å²) < 4.78 is 1.86. The number of benzene rings is 2. The molecule has 8 nitrogen and oxygen atoms in total. The smallest absolute Gasteiger partial charge is 0.269 e. The number of amides is 1. The second-order valence-electron chi connectivity index (χ2n) is 5.85. The minimum Gasteiger partial charge on any atom is -0.325 e. The number of allylic oxidation sites excluding steroid dienone is 1. The van der Waals surface area contributed by atoms with Gasteiger partial charge >= 0.3 is 0 Å². The van der Waals surface area contributed by atoms with E-state index in [2.05, 4.69) is 22.1 Å². The lowest BCUT2D eigenvalue weighted by atomic mass is 10.2. The van der Waals surface area contributed by atoms with Gasteiger partial charge in [0.2, 0.25) is 5.91 Å². The largest absolute Gasteiger partial charge is 0.325 e. The lowest BCUT2D eigenvalue weighted by molar-refractivity contribution is -0.384. The Bertz CT molecular complexity index is 1040. The van der Waals surface area contributed by atoms with Gasteiger partial charge in [0.05, 0.1) is 10.7 Å². The molecule has 0 aliphatic carbocycles. The average molecular weight is 430 g/mol. The molecule has 2 aromatic carbocycles. The number of halogens is 1. The first-order valence-corrected chi connectivity index (χ1v) is 9.81. The fourth-order valence-electron chi connectivity index (χ4n) is 2.50. The van der Waals surface area contributed by atoms with Gasteiger partial charge in [0, 0.05) is 35.0 Å². The van der Waals surface area contributed by atoms with Crippen molar-refractivity contribution in [2.45, 2.75) is 11.7 Å². The zero-order chi connectivity index (χ0) is 20.8. The molecule has 1 amide bonds. The van der Waals surface area contributed by atoms with Crippen LogP contribution in [-0.4, -0.2) is 31.3 Å². The third kappa shape index (κ3) is 5.21. The number of aromatic nitrogens is 3. The van der Waals surface area contributed by atoms with Crippen LogP contribution in [0.4, 0.5) is 11.4 Å². The number of thioether (sulfide) groups is 1. The van der Waals surface area contributed by atoms with Crippen LogP contribution in [0.2, 0.25) is 5.02 Å². The van der Waals surface area contributed by atoms with Crippen LogP contribution < -0.4 is 5.32 Å². The molecule has 3 rings (SSSR count). The van der Waals surface area contributed by atoms with Crippen LogP contribution in [0.5, 0.6) is 0 Å². The van der Waals surface area contributed by atoms with E-state index < -0.39 is 4.92 Å². The highest BCUT2D eigenvalue weighted by Crippen LogP contribution is 2.25. The molecule has 0 radical (unpaired) electrons. The molecule has 0 fully saturated rings. The SMILES string of the molecule is C=CCn1c(SCC(=O)Nc2ccc([N+](=O)[O-])cc2)nnc1-c1ccc(Cl)cc1. The van der Waals surface area contributed by atoms with Gasteiger partial charge in [0.25, 0.3) is 5.69 Å². The summed E-state index contributed by atoms with van der Waals surface area (Å²) in [7, 11) is 0. The predicted molar refractivity (Wildman–Crippen MR) is 113 cm³/mol. The molecule has 10 heteroatoms. The highest BCUT2D eigenvalue weighted by Gasteiger charge is 2.15. The van der Waals surface area contributed by atoms with Gasteiger partial charge in [-0.2, -0.15) is 0 Å². The van der Waals surface area contributed by atoms with Crippen LogP contribution in [0.1, 0.15) is 0 Å². The number of carbonyl (C=O) groups excluding carboxylic acids is 1. The first kappa shape index (κ1) is 20.6. The summed E-state index contributed by atoms with van der Waals surface area (Å²) in [4.78, 5) is 22.4. The number of anilines is 1. The maximum absolute atomic E-state index is 12.2. The van der Waals surface area contributed by atoms with Crippen molar-refractivity contribution in [2.75, 3.05) is 11.1 Å². The van der Waals surface area contributed by atoms with Crippen molar-refractivity contribution in [3.63, 3.8) is 0 Å². The molecule has 29 heavy (non-hydrogen) atoms. The minimum absolute atomic E-state index is 0.0374. The van der Waals surface area contributed by atoms with E-state index in [-0.39, 0.29) is 17.3 Å². The van der Waals surface area contributed by atoms with Crippen LogP contribution in [0.25, 0.3) is 11.4 Å². The van der Waals surface area contributed by atoms with Crippen molar-refractivity contribution < 1.29 is 9.72 Å². The summed E-state index contributed by atoms with van der Waals surface area (Å²) in [5, 5.41) is 23.0. The molecular weight excluding hydrogens is 414 g/mol. The normalized spacial score (nSPS) is 10.5. The Morgan fingerprint density at radius 2 is 1.90 bits per heavy atom. The number of nitro groups is 1. The lowest BCUT2D eigenvalue weighted by Crippen LogP contribution is -2.14. The Balaban J connectivity index is 1.68. The Labute approximate surface area is 175 Å². The van der Waals surface area contributed by atoms with E-state index >= 15 is 0 Å². The number of non-ortho nitro benzene ring substituents is 1. The fourth-order valence-corrected chi connectivity index (χ4v) is 3.37. The van der Waals surface area contributed by atoms with E-state index in [0.717, 1.165) is 5.56 Å². The average Bonchev–Trinajstić information content (AvgIpc) is 3.10. The molecule has 0 bridgehead atoms. The fraction of sp³-hybridized carbons (Fsp3) is 0.105. The van der Waals surface area contributed by atoms with Gasteiger partial charge in [-0.15, -0.1) is 16.8 Å². The van der Waals surface area contributed by atoms with Crippen LogP contribution in [-0.2, 0) is 11.3 Å². The molecule has 0 atom stereocenters. The maximum atomic E-state index is 12.2. The summed E-state index contributed by atoms with van der Waals surface area (Å²) >= 11 is 7.18. The van der Waals surface area contributed by atoms with E-state index in [4.69, 9.17) is 11.6 Å². The first-order chi connectivity index (χ1) is 14.0. The highest BCUT2D eigenvalue weighted by atomic mass is 35.5. The molecule has 0 saturated carbocycles. The molecule has 1 heterocycles. The van der Waals surface area contributed by atoms with Crippen molar-refractivity contribution in [1.29, 1.82) is 0 Å². The van der Waals surface area contributed by atoms with Crippen molar-refractivity contribution in [2.24, 2.45) is 0 Å². The molecule has 0 unspecified atom stereocenters. The summed E-state index contributed by atoms with van der Waals surface area (Å²) in [6, 6.07) is 12.9. The number of hydrogen-bond acceptors (Lipinski definition) is 6. The maximum Gasteiger partial charge on any atom is 0.269 e. The number of nitrogens with one attached hydrogen (secondary N) is 1. The Kier molecular flexibility index (Phi) is 6.63. The summed E-state index contributed by atoms with van der Waals surface area (Å²) in [6.07, 6.45) is 1.73. The predicted octanol–water partition coefficient (Wildman–Crippen LogP) is 4.42. The Hall–Kier alpha value is -3.17. The van der Waals surface area contributed by atoms with Gasteiger partial charge in [-0.1, -0.05) is 29.4 Å². The van der Waals surface area contributed by atoms with Gasteiger partial charge in [-0.25, -0.2) is 0 Å². The van der Waals surface area contributed by atoms with Gasteiger partial charge in [0.15, 0.2) is 11.0 Å². The first-order valence-electron chi connectivity index (χ1n) is 8.45. The number of rotatable bonds is 8. The standard InChI is InChI=1S/C19H16ClN5O3S/c1-2-11-24-18(13-3-5-14(20)6-4-13)22-23-19(24)29-12-17(26)21-15-7-9-16(10-8-15)25(27)28/h2-10H,1,11-12H2,(H,21,26). The summed E-state index contributed by atoms with van der Waals surface area (Å²) in [5.74, 6) is 0.497. The highest BCUT2D eigenvalue weighted by molar-refractivity contribution is 7.99. The van der Waals surface area contributed by atoms with Crippen molar-refractivity contribution in [3.8, 4) is 11.4 Å². The molecule has 0 aliphatic heterocycles. The molecule has 1 aromatic heterocycles.